The number of nitrogens with zero attached hydrogens (tertiary/aromatic N) is 1. The zero-order valence-electron chi connectivity index (χ0n) is 12.5. The zero-order chi connectivity index (χ0) is 15.9. The van der Waals surface area contributed by atoms with Crippen LogP contribution in [0.3, 0.4) is 0 Å². The molecule has 3 rings (SSSR count). The van der Waals surface area contributed by atoms with Crippen molar-refractivity contribution in [3.05, 3.63) is 68.7 Å². The molecule has 5 heteroatoms. The second-order valence-corrected chi connectivity index (χ2v) is 6.83. The number of rotatable bonds is 2. The van der Waals surface area contributed by atoms with E-state index in [0.29, 0.717) is 0 Å². The Bertz CT molecular complexity index is 743. The van der Waals surface area contributed by atoms with Gasteiger partial charge in [-0.15, -0.1) is 0 Å². The average molecular weight is 317 g/mol. The summed E-state index contributed by atoms with van der Waals surface area (Å²) < 4.78 is 0. The van der Waals surface area contributed by atoms with Gasteiger partial charge in [-0.2, -0.15) is 0 Å². The van der Waals surface area contributed by atoms with Crippen LogP contribution in [0.4, 0.5) is 11.4 Å². The minimum atomic E-state index is -0.354. The maximum atomic E-state index is 11.0. The Labute approximate surface area is 134 Å². The molecule has 1 aliphatic rings. The first-order valence-electron chi connectivity index (χ1n) is 7.16. The Morgan fingerprint density at radius 2 is 2.05 bits per heavy atom. The van der Waals surface area contributed by atoms with Crippen molar-refractivity contribution >= 4 is 23.0 Å². The monoisotopic (exact) mass is 316 g/mol. The number of non-ortho nitro benzene ring substituents is 1. The molecular weight excluding hydrogens is 300 g/mol. The van der Waals surface area contributed by atoms with Crippen molar-refractivity contribution in [2.75, 3.05) is 5.32 Å². The van der Waals surface area contributed by atoms with E-state index in [9.17, 15) is 10.1 Å². The lowest BCUT2D eigenvalue weighted by atomic mass is 9.73. The first-order valence-corrected chi connectivity index (χ1v) is 7.54. The van der Waals surface area contributed by atoms with Crippen molar-refractivity contribution in [1.82, 2.24) is 0 Å². The van der Waals surface area contributed by atoms with Crippen molar-refractivity contribution in [3.63, 3.8) is 0 Å². The third-order valence-electron chi connectivity index (χ3n) is 4.21. The van der Waals surface area contributed by atoms with E-state index in [1.54, 1.807) is 12.1 Å². The molecule has 1 unspecified atom stereocenters. The summed E-state index contributed by atoms with van der Waals surface area (Å²) in [6.07, 6.45) is 0.864. The van der Waals surface area contributed by atoms with Crippen LogP contribution < -0.4 is 5.32 Å². The number of nitrogens with one attached hydrogen (secondary N) is 1. The van der Waals surface area contributed by atoms with Gasteiger partial charge >= 0.3 is 0 Å². The number of nitro groups is 1. The molecule has 0 aliphatic carbocycles. The molecule has 2 aromatic rings. The van der Waals surface area contributed by atoms with Gasteiger partial charge in [-0.1, -0.05) is 37.6 Å². The molecule has 1 aliphatic heterocycles. The van der Waals surface area contributed by atoms with Crippen molar-refractivity contribution in [1.29, 1.82) is 0 Å². The van der Waals surface area contributed by atoms with Crippen LogP contribution in [0.25, 0.3) is 0 Å². The third-order valence-corrected chi connectivity index (χ3v) is 4.44. The van der Waals surface area contributed by atoms with E-state index in [-0.39, 0.29) is 22.1 Å². The minimum absolute atomic E-state index is 0.0149. The van der Waals surface area contributed by atoms with E-state index in [4.69, 9.17) is 11.6 Å². The van der Waals surface area contributed by atoms with Gasteiger partial charge in [0.2, 0.25) is 0 Å². The van der Waals surface area contributed by atoms with E-state index in [2.05, 4.69) is 19.2 Å². The predicted molar refractivity (Wildman–Crippen MR) is 88.4 cm³/mol. The molecule has 0 saturated heterocycles. The first kappa shape index (κ1) is 14.9. The third kappa shape index (κ3) is 2.66. The number of nitro benzene ring substituents is 1. The molecular formula is C17H17ClN2O2. The molecule has 1 atom stereocenters. The Morgan fingerprint density at radius 3 is 2.77 bits per heavy atom. The van der Waals surface area contributed by atoms with E-state index in [0.717, 1.165) is 22.7 Å². The van der Waals surface area contributed by atoms with Crippen LogP contribution in [0.5, 0.6) is 0 Å². The van der Waals surface area contributed by atoms with Gasteiger partial charge in [0.15, 0.2) is 0 Å². The fourth-order valence-electron chi connectivity index (χ4n) is 3.15. The van der Waals surface area contributed by atoms with Gasteiger partial charge in [0, 0.05) is 22.8 Å². The van der Waals surface area contributed by atoms with E-state index >= 15 is 0 Å². The first-order chi connectivity index (χ1) is 10.4. The quantitative estimate of drug-likeness (QED) is 0.627. The maximum Gasteiger partial charge on any atom is 0.269 e. The molecule has 0 amide bonds. The van der Waals surface area contributed by atoms with Gasteiger partial charge in [-0.25, -0.2) is 0 Å². The summed E-state index contributed by atoms with van der Waals surface area (Å²) in [6.45, 7) is 4.32. The zero-order valence-corrected chi connectivity index (χ0v) is 13.2. The summed E-state index contributed by atoms with van der Waals surface area (Å²) in [5.41, 5.74) is 3.20. The summed E-state index contributed by atoms with van der Waals surface area (Å²) >= 11 is 6.08. The van der Waals surface area contributed by atoms with Crippen molar-refractivity contribution in [2.45, 2.75) is 26.3 Å². The van der Waals surface area contributed by atoms with Gasteiger partial charge in [0.1, 0.15) is 0 Å². The maximum absolute atomic E-state index is 11.0. The lowest BCUT2D eigenvalue weighted by Gasteiger charge is -2.41. The van der Waals surface area contributed by atoms with Crippen LogP contribution in [0, 0.1) is 15.5 Å². The fraction of sp³-hybridized carbons (Fsp3) is 0.294. The molecule has 0 aromatic heterocycles. The Kier molecular flexibility index (Phi) is 3.57. The van der Waals surface area contributed by atoms with E-state index in [1.807, 2.05) is 24.3 Å². The molecule has 22 heavy (non-hydrogen) atoms. The lowest BCUT2D eigenvalue weighted by molar-refractivity contribution is -0.384. The Morgan fingerprint density at radius 1 is 1.27 bits per heavy atom. The summed E-state index contributed by atoms with van der Waals surface area (Å²) in [5.74, 6) is 0. The highest BCUT2D eigenvalue weighted by atomic mass is 35.5. The number of halogens is 1. The largest absolute Gasteiger partial charge is 0.377 e. The summed E-state index contributed by atoms with van der Waals surface area (Å²) in [4.78, 5) is 10.6. The molecule has 0 fully saturated rings. The van der Waals surface area contributed by atoms with Gasteiger partial charge in [-0.05, 0) is 41.2 Å². The second kappa shape index (κ2) is 5.29. The second-order valence-electron chi connectivity index (χ2n) is 6.40. The van der Waals surface area contributed by atoms with Crippen LogP contribution in [-0.4, -0.2) is 4.92 Å². The molecule has 2 aromatic carbocycles. The van der Waals surface area contributed by atoms with Gasteiger partial charge < -0.3 is 5.32 Å². The lowest BCUT2D eigenvalue weighted by Crippen LogP contribution is -2.34. The molecule has 0 spiro atoms. The van der Waals surface area contributed by atoms with Gasteiger partial charge in [0.25, 0.3) is 5.69 Å². The normalized spacial score (nSPS) is 19.1. The molecule has 4 nitrogen and oxygen atoms in total. The number of hydrogen-bond acceptors (Lipinski definition) is 3. The topological polar surface area (TPSA) is 55.2 Å². The standard InChI is InChI=1S/C17H17ClN2O2/c1-17(2)10-12-8-13(18)6-7-15(12)19-16(17)11-4-3-5-14(9-11)20(21)22/h3-9,16,19H,10H2,1-2H3. The van der Waals surface area contributed by atoms with Crippen LogP contribution in [0.1, 0.15) is 31.0 Å². The van der Waals surface area contributed by atoms with Crippen LogP contribution in [0.2, 0.25) is 5.02 Å². The number of benzene rings is 2. The minimum Gasteiger partial charge on any atom is -0.377 e. The summed E-state index contributed by atoms with van der Waals surface area (Å²) in [6, 6.07) is 12.7. The van der Waals surface area contributed by atoms with Crippen molar-refractivity contribution in [2.24, 2.45) is 5.41 Å². The number of hydrogen-bond donors (Lipinski definition) is 1. The molecule has 0 saturated carbocycles. The van der Waals surface area contributed by atoms with E-state index in [1.165, 1.54) is 11.6 Å². The number of anilines is 1. The summed E-state index contributed by atoms with van der Waals surface area (Å²) in [5, 5.41) is 15.2. The van der Waals surface area contributed by atoms with Gasteiger partial charge in [0.05, 0.1) is 11.0 Å². The highest BCUT2D eigenvalue weighted by molar-refractivity contribution is 6.30. The number of fused-ring (bicyclic) bond motifs is 1. The average Bonchev–Trinajstić information content (AvgIpc) is 2.45. The molecule has 114 valence electrons. The molecule has 0 bridgehead atoms. The fourth-order valence-corrected chi connectivity index (χ4v) is 3.34. The van der Waals surface area contributed by atoms with Crippen molar-refractivity contribution < 1.29 is 4.92 Å². The Balaban J connectivity index is 2.02. The smallest absolute Gasteiger partial charge is 0.269 e. The molecule has 1 heterocycles. The SMILES string of the molecule is CC1(C)Cc2cc(Cl)ccc2NC1c1cccc([N+](=O)[O-])c1. The van der Waals surface area contributed by atoms with E-state index < -0.39 is 0 Å². The van der Waals surface area contributed by atoms with Crippen molar-refractivity contribution in [3.8, 4) is 0 Å². The highest BCUT2D eigenvalue weighted by Crippen LogP contribution is 2.45. The van der Waals surface area contributed by atoms with Crippen LogP contribution >= 0.6 is 11.6 Å². The highest BCUT2D eigenvalue weighted by Gasteiger charge is 2.36. The molecule has 1 N–H and O–H groups in total. The van der Waals surface area contributed by atoms with Gasteiger partial charge in [-0.3, -0.25) is 10.1 Å². The molecule has 0 radical (unpaired) electrons. The summed E-state index contributed by atoms with van der Waals surface area (Å²) in [7, 11) is 0. The predicted octanol–water partition coefficient (Wildman–Crippen LogP) is 4.98. The Hall–Kier alpha value is -2.07. The van der Waals surface area contributed by atoms with Crippen LogP contribution in [-0.2, 0) is 6.42 Å². The van der Waals surface area contributed by atoms with Crippen LogP contribution in [0.15, 0.2) is 42.5 Å².